The number of rotatable bonds is 21. The number of ether oxygens (including phenoxy) is 2. The van der Waals surface area contributed by atoms with Crippen LogP contribution in [0, 0.1) is 0 Å². The van der Waals surface area contributed by atoms with Crippen LogP contribution in [0.15, 0.2) is 109 Å². The van der Waals surface area contributed by atoms with Crippen LogP contribution in [0.1, 0.15) is 75.9 Å². The average molecular weight is 608 g/mol. The third kappa shape index (κ3) is 12.3. The zero-order valence-electron chi connectivity index (χ0n) is 26.1. The monoisotopic (exact) mass is 607 g/mol. The van der Waals surface area contributed by atoms with Gasteiger partial charge in [-0.2, -0.15) is 0 Å². The van der Waals surface area contributed by atoms with Crippen molar-refractivity contribution in [3.63, 3.8) is 0 Å². The van der Waals surface area contributed by atoms with E-state index < -0.39 is 5.97 Å². The number of aromatic carboxylic acids is 1. The highest BCUT2D eigenvalue weighted by Gasteiger charge is 2.18. The molecule has 4 aromatic carbocycles. The molecule has 6 nitrogen and oxygen atoms in total. The summed E-state index contributed by atoms with van der Waals surface area (Å²) in [6, 6.07) is 35.0. The summed E-state index contributed by atoms with van der Waals surface area (Å²) in [7, 11) is 0. The van der Waals surface area contributed by atoms with E-state index >= 15 is 0 Å². The maximum atomic E-state index is 13.4. The van der Waals surface area contributed by atoms with Gasteiger partial charge in [0.2, 0.25) is 0 Å². The number of unbranched alkanes of at least 4 members (excludes halogenated alkanes) is 4. The van der Waals surface area contributed by atoms with Gasteiger partial charge >= 0.3 is 5.97 Å². The third-order valence-electron chi connectivity index (χ3n) is 7.75. The van der Waals surface area contributed by atoms with Crippen LogP contribution in [0.5, 0.6) is 5.75 Å². The Labute approximate surface area is 267 Å². The molecule has 0 bridgehead atoms. The number of hydrogen-bond donors (Lipinski definition) is 1. The standard InChI is InChI=1S/C39H45NO5/c41-37(35-23-24-38(36(28-35)39(42)43)45-31-34-21-10-5-11-22-34)30-40(29-33-19-8-4-9-20-33)25-13-1-2-14-26-44-27-15-12-18-32-16-6-3-7-17-32/h3-11,16-17,19-24,28H,1-2,12-15,18,25-27,29-31H2,(H,42,43). The largest absolute Gasteiger partial charge is 0.488 e. The smallest absolute Gasteiger partial charge is 0.339 e. The topological polar surface area (TPSA) is 76.1 Å². The van der Waals surface area contributed by atoms with Gasteiger partial charge in [-0.15, -0.1) is 0 Å². The first-order valence-electron chi connectivity index (χ1n) is 16.0. The van der Waals surface area contributed by atoms with Crippen LogP contribution in [0.3, 0.4) is 0 Å². The van der Waals surface area contributed by atoms with Gasteiger partial charge < -0.3 is 14.6 Å². The van der Waals surface area contributed by atoms with Crippen LogP contribution in [0.4, 0.5) is 0 Å². The van der Waals surface area contributed by atoms with E-state index in [0.29, 0.717) is 12.1 Å². The maximum absolute atomic E-state index is 13.4. The lowest BCUT2D eigenvalue weighted by Gasteiger charge is -2.22. The predicted molar refractivity (Wildman–Crippen MR) is 179 cm³/mol. The van der Waals surface area contributed by atoms with Crippen molar-refractivity contribution in [2.45, 2.75) is 58.1 Å². The molecular weight excluding hydrogens is 562 g/mol. The lowest BCUT2D eigenvalue weighted by atomic mass is 10.0. The summed E-state index contributed by atoms with van der Waals surface area (Å²) >= 11 is 0. The molecule has 1 N–H and O–H groups in total. The molecule has 4 rings (SSSR count). The summed E-state index contributed by atoms with van der Waals surface area (Å²) in [4.78, 5) is 27.6. The zero-order chi connectivity index (χ0) is 31.5. The molecule has 0 amide bonds. The Kier molecular flexibility index (Phi) is 14.3. The van der Waals surface area contributed by atoms with Gasteiger partial charge in [-0.25, -0.2) is 4.79 Å². The van der Waals surface area contributed by atoms with Crippen LogP contribution in [-0.2, 0) is 24.3 Å². The molecule has 0 spiro atoms. The number of carbonyl (C=O) groups excluding carboxylic acids is 1. The maximum Gasteiger partial charge on any atom is 0.339 e. The minimum atomic E-state index is -1.12. The Morgan fingerprint density at radius 2 is 1.24 bits per heavy atom. The predicted octanol–water partition coefficient (Wildman–Crippen LogP) is 8.25. The number of Topliss-reactive ketones (excluding diaryl/α,β-unsaturated/α-hetero) is 1. The van der Waals surface area contributed by atoms with Crippen molar-refractivity contribution in [2.24, 2.45) is 0 Å². The summed E-state index contributed by atoms with van der Waals surface area (Å²) in [5.41, 5.74) is 3.82. The first-order valence-corrected chi connectivity index (χ1v) is 16.0. The number of carboxylic acid groups (broad SMARTS) is 1. The molecule has 236 valence electrons. The number of ketones is 1. The first kappa shape index (κ1) is 33.6. The highest BCUT2D eigenvalue weighted by molar-refractivity contribution is 6.01. The van der Waals surface area contributed by atoms with E-state index in [2.05, 4.69) is 47.4 Å². The minimum absolute atomic E-state index is 0.00944. The molecule has 0 unspecified atom stereocenters. The number of carbonyl (C=O) groups is 2. The van der Waals surface area contributed by atoms with Crippen molar-refractivity contribution >= 4 is 11.8 Å². The Bertz CT molecular complexity index is 1430. The highest BCUT2D eigenvalue weighted by Crippen LogP contribution is 2.23. The van der Waals surface area contributed by atoms with E-state index in [4.69, 9.17) is 9.47 Å². The van der Waals surface area contributed by atoms with Crippen LogP contribution < -0.4 is 4.74 Å². The van der Waals surface area contributed by atoms with E-state index in [1.165, 1.54) is 11.6 Å². The van der Waals surface area contributed by atoms with E-state index in [9.17, 15) is 14.7 Å². The molecule has 0 aromatic heterocycles. The lowest BCUT2D eigenvalue weighted by Crippen LogP contribution is -2.30. The first-order chi connectivity index (χ1) is 22.1. The average Bonchev–Trinajstić information content (AvgIpc) is 3.07. The Hall–Kier alpha value is -4.26. The number of nitrogens with zero attached hydrogens (tertiary/aromatic N) is 1. The second-order valence-electron chi connectivity index (χ2n) is 11.4. The molecule has 0 heterocycles. The normalized spacial score (nSPS) is 11.0. The van der Waals surface area contributed by atoms with Gasteiger partial charge in [0.25, 0.3) is 0 Å². The van der Waals surface area contributed by atoms with Gasteiger partial charge in [-0.05, 0) is 73.5 Å². The molecule has 0 atom stereocenters. The van der Waals surface area contributed by atoms with Crippen LogP contribution >= 0.6 is 0 Å². The molecule has 0 aliphatic heterocycles. The Morgan fingerprint density at radius 1 is 0.644 bits per heavy atom. The lowest BCUT2D eigenvalue weighted by molar-refractivity contribution is 0.0691. The fraction of sp³-hybridized carbons (Fsp3) is 0.333. The number of hydrogen-bond acceptors (Lipinski definition) is 5. The minimum Gasteiger partial charge on any atom is -0.488 e. The van der Waals surface area contributed by atoms with Crippen molar-refractivity contribution in [1.29, 1.82) is 0 Å². The second-order valence-corrected chi connectivity index (χ2v) is 11.4. The van der Waals surface area contributed by atoms with Gasteiger partial charge in [-0.3, -0.25) is 9.69 Å². The number of carboxylic acids is 1. The summed E-state index contributed by atoms with van der Waals surface area (Å²) in [5.74, 6) is -0.978. The Balaban J connectivity index is 1.22. The quantitative estimate of drug-likeness (QED) is 0.0759. The second kappa shape index (κ2) is 19.2. The highest BCUT2D eigenvalue weighted by atomic mass is 16.5. The van der Waals surface area contributed by atoms with E-state index in [-0.39, 0.29) is 30.2 Å². The van der Waals surface area contributed by atoms with Crippen molar-refractivity contribution in [1.82, 2.24) is 4.90 Å². The van der Waals surface area contributed by atoms with Gasteiger partial charge in [0.15, 0.2) is 5.78 Å². The van der Waals surface area contributed by atoms with Crippen LogP contribution in [0.2, 0.25) is 0 Å². The van der Waals surface area contributed by atoms with Gasteiger partial charge in [0.1, 0.15) is 17.9 Å². The molecule has 6 heteroatoms. The molecular formula is C39H45NO5. The van der Waals surface area contributed by atoms with Gasteiger partial charge in [0.05, 0.1) is 6.54 Å². The third-order valence-corrected chi connectivity index (χ3v) is 7.75. The van der Waals surface area contributed by atoms with Crippen molar-refractivity contribution in [3.8, 4) is 5.75 Å². The van der Waals surface area contributed by atoms with E-state index in [1.807, 2.05) is 48.5 Å². The Morgan fingerprint density at radius 3 is 1.91 bits per heavy atom. The van der Waals surface area contributed by atoms with Crippen molar-refractivity contribution in [3.05, 3.63) is 137 Å². The fourth-order valence-corrected chi connectivity index (χ4v) is 5.25. The molecule has 0 aliphatic carbocycles. The summed E-state index contributed by atoms with van der Waals surface area (Å²) < 4.78 is 11.6. The fourth-order valence-electron chi connectivity index (χ4n) is 5.25. The van der Waals surface area contributed by atoms with E-state index in [0.717, 1.165) is 75.8 Å². The zero-order valence-corrected chi connectivity index (χ0v) is 26.1. The summed E-state index contributed by atoms with van der Waals surface area (Å²) in [5, 5.41) is 9.84. The molecule has 0 saturated heterocycles. The molecule has 0 radical (unpaired) electrons. The van der Waals surface area contributed by atoms with Crippen LogP contribution in [0.25, 0.3) is 0 Å². The molecule has 0 aliphatic rings. The van der Waals surface area contributed by atoms with Gasteiger partial charge in [0, 0.05) is 25.3 Å². The van der Waals surface area contributed by atoms with Crippen molar-refractivity contribution < 1.29 is 24.2 Å². The summed E-state index contributed by atoms with van der Waals surface area (Å²) in [6.07, 6.45) is 7.48. The van der Waals surface area contributed by atoms with E-state index in [1.54, 1.807) is 12.1 Å². The molecule has 0 fully saturated rings. The van der Waals surface area contributed by atoms with Crippen molar-refractivity contribution in [2.75, 3.05) is 26.3 Å². The van der Waals surface area contributed by atoms with Gasteiger partial charge in [-0.1, -0.05) is 104 Å². The molecule has 45 heavy (non-hydrogen) atoms. The molecule has 4 aromatic rings. The number of aryl methyl sites for hydroxylation is 1. The molecule has 0 saturated carbocycles. The number of benzene rings is 4. The SMILES string of the molecule is O=C(CN(CCCCCCOCCCCc1ccccc1)Cc1ccccc1)c1ccc(OCc2ccccc2)c(C(=O)O)c1. The summed E-state index contributed by atoms with van der Waals surface area (Å²) in [6.45, 7) is 3.50. The van der Waals surface area contributed by atoms with Crippen LogP contribution in [-0.4, -0.2) is 48.1 Å².